The highest BCUT2D eigenvalue weighted by Crippen LogP contribution is 2.43. The number of rotatable bonds is 7. The van der Waals surface area contributed by atoms with Crippen molar-refractivity contribution in [3.05, 3.63) is 224 Å². The van der Waals surface area contributed by atoms with E-state index < -0.39 is 0 Å². The molecule has 55 heavy (non-hydrogen) atoms. The molecule has 10 aromatic carbocycles. The lowest BCUT2D eigenvalue weighted by molar-refractivity contribution is 1.28. The first kappa shape index (κ1) is 32.4. The molecule has 0 amide bonds. The first-order valence-electron chi connectivity index (χ1n) is 18.9. The minimum Gasteiger partial charge on any atom is -0.310 e. The lowest BCUT2D eigenvalue weighted by atomic mass is 9.96. The van der Waals surface area contributed by atoms with Crippen molar-refractivity contribution < 1.29 is 0 Å². The molecular formula is C54H37N. The van der Waals surface area contributed by atoms with Gasteiger partial charge in [0.1, 0.15) is 0 Å². The predicted molar refractivity (Wildman–Crippen MR) is 235 cm³/mol. The van der Waals surface area contributed by atoms with Gasteiger partial charge in [-0.15, -0.1) is 0 Å². The third-order valence-corrected chi connectivity index (χ3v) is 10.8. The van der Waals surface area contributed by atoms with Crippen molar-refractivity contribution in [2.45, 2.75) is 0 Å². The van der Waals surface area contributed by atoms with Crippen LogP contribution in [0.4, 0.5) is 17.1 Å². The van der Waals surface area contributed by atoms with Crippen LogP contribution in [0.3, 0.4) is 0 Å². The summed E-state index contributed by atoms with van der Waals surface area (Å²) in [7, 11) is 0. The molecule has 0 fully saturated rings. The van der Waals surface area contributed by atoms with E-state index in [1.165, 1.54) is 76.8 Å². The smallest absolute Gasteiger partial charge is 0.0540 e. The van der Waals surface area contributed by atoms with E-state index in [2.05, 4.69) is 229 Å². The van der Waals surface area contributed by atoms with Crippen molar-refractivity contribution in [1.29, 1.82) is 0 Å². The van der Waals surface area contributed by atoms with Crippen LogP contribution in [0.1, 0.15) is 0 Å². The highest BCUT2D eigenvalue weighted by Gasteiger charge is 2.19. The maximum absolute atomic E-state index is 2.41. The molecule has 0 N–H and O–H groups in total. The fourth-order valence-electron chi connectivity index (χ4n) is 8.04. The van der Waals surface area contributed by atoms with Crippen LogP contribution in [0.2, 0.25) is 0 Å². The summed E-state index contributed by atoms with van der Waals surface area (Å²) in [6, 6.07) is 81.6. The summed E-state index contributed by atoms with van der Waals surface area (Å²) in [6.07, 6.45) is 0. The van der Waals surface area contributed by atoms with Gasteiger partial charge in [-0.2, -0.15) is 0 Å². The molecule has 10 aromatic rings. The van der Waals surface area contributed by atoms with Gasteiger partial charge in [-0.05, 0) is 120 Å². The third-order valence-electron chi connectivity index (χ3n) is 10.8. The molecular weight excluding hydrogens is 663 g/mol. The summed E-state index contributed by atoms with van der Waals surface area (Å²) >= 11 is 0. The van der Waals surface area contributed by atoms with Gasteiger partial charge >= 0.3 is 0 Å². The van der Waals surface area contributed by atoms with Crippen LogP contribution in [0, 0.1) is 0 Å². The molecule has 0 aliphatic carbocycles. The van der Waals surface area contributed by atoms with Crippen molar-refractivity contribution in [2.75, 3.05) is 4.90 Å². The van der Waals surface area contributed by atoms with Crippen LogP contribution in [0.15, 0.2) is 224 Å². The van der Waals surface area contributed by atoms with Gasteiger partial charge in [0.2, 0.25) is 0 Å². The molecule has 0 aliphatic rings. The predicted octanol–water partition coefficient (Wildman–Crippen LogP) is 15.3. The highest BCUT2D eigenvalue weighted by atomic mass is 15.1. The molecule has 0 bridgehead atoms. The molecule has 0 saturated heterocycles. The zero-order chi connectivity index (χ0) is 36.6. The summed E-state index contributed by atoms with van der Waals surface area (Å²) in [4.78, 5) is 2.41. The van der Waals surface area contributed by atoms with Crippen LogP contribution in [0.25, 0.3) is 76.8 Å². The van der Waals surface area contributed by atoms with E-state index in [0.717, 1.165) is 17.1 Å². The average molecular weight is 700 g/mol. The molecule has 0 aromatic heterocycles. The molecule has 0 atom stereocenters. The quantitative estimate of drug-likeness (QED) is 0.160. The highest BCUT2D eigenvalue weighted by molar-refractivity contribution is 5.98. The van der Waals surface area contributed by atoms with E-state index >= 15 is 0 Å². The van der Waals surface area contributed by atoms with Crippen LogP contribution < -0.4 is 4.90 Å². The van der Waals surface area contributed by atoms with Gasteiger partial charge < -0.3 is 4.90 Å². The number of nitrogens with zero attached hydrogens (tertiary/aromatic N) is 1. The molecule has 0 heterocycles. The van der Waals surface area contributed by atoms with E-state index in [-0.39, 0.29) is 0 Å². The van der Waals surface area contributed by atoms with Gasteiger partial charge in [-0.1, -0.05) is 176 Å². The van der Waals surface area contributed by atoms with Crippen LogP contribution in [-0.4, -0.2) is 0 Å². The molecule has 1 heteroatoms. The molecule has 10 rings (SSSR count). The van der Waals surface area contributed by atoms with Gasteiger partial charge in [0, 0.05) is 16.9 Å². The van der Waals surface area contributed by atoms with Crippen molar-refractivity contribution >= 4 is 49.4 Å². The van der Waals surface area contributed by atoms with Crippen LogP contribution in [0.5, 0.6) is 0 Å². The number of hydrogen-bond acceptors (Lipinski definition) is 1. The Morgan fingerprint density at radius 3 is 1.51 bits per heavy atom. The molecule has 0 spiro atoms. The maximum atomic E-state index is 2.41. The second-order valence-corrected chi connectivity index (χ2v) is 14.2. The van der Waals surface area contributed by atoms with Crippen LogP contribution >= 0.6 is 0 Å². The molecule has 0 radical (unpaired) electrons. The normalized spacial score (nSPS) is 11.3. The Morgan fingerprint density at radius 2 is 0.727 bits per heavy atom. The van der Waals surface area contributed by atoms with Crippen molar-refractivity contribution in [3.8, 4) is 44.5 Å². The largest absolute Gasteiger partial charge is 0.310 e. The lowest BCUT2D eigenvalue weighted by Crippen LogP contribution is -2.11. The number of anilines is 3. The topological polar surface area (TPSA) is 3.24 Å². The molecule has 0 aliphatic heterocycles. The Bertz CT molecular complexity index is 2990. The van der Waals surface area contributed by atoms with E-state index in [1.807, 2.05) is 0 Å². The maximum Gasteiger partial charge on any atom is 0.0540 e. The van der Waals surface area contributed by atoms with E-state index in [0.29, 0.717) is 0 Å². The standard InChI is InChI=1S/C54H37N/c1-3-15-42-35-46(28-26-38(42)12-1)45-19-9-18-44(34-45)40-30-32-49(33-31-40)55(50-21-10-20-47(37-50)52-24-11-17-41-14-5-6-22-51(41)52)54-25-8-7-23-53(54)48-29-27-39-13-2-4-16-43(39)36-48/h1-37H. The Labute approximate surface area is 322 Å². The fraction of sp³-hybridized carbons (Fsp3) is 0. The lowest BCUT2D eigenvalue weighted by Gasteiger charge is -2.28. The zero-order valence-electron chi connectivity index (χ0n) is 30.3. The van der Waals surface area contributed by atoms with Gasteiger partial charge in [0.25, 0.3) is 0 Å². The van der Waals surface area contributed by atoms with Crippen molar-refractivity contribution in [2.24, 2.45) is 0 Å². The van der Waals surface area contributed by atoms with E-state index in [9.17, 15) is 0 Å². The Morgan fingerprint density at radius 1 is 0.236 bits per heavy atom. The zero-order valence-corrected chi connectivity index (χ0v) is 30.3. The van der Waals surface area contributed by atoms with Gasteiger partial charge in [-0.3, -0.25) is 0 Å². The minimum absolute atomic E-state index is 1.10. The summed E-state index contributed by atoms with van der Waals surface area (Å²) in [6.45, 7) is 0. The first-order valence-corrected chi connectivity index (χ1v) is 18.9. The van der Waals surface area contributed by atoms with Crippen LogP contribution in [-0.2, 0) is 0 Å². The average Bonchev–Trinajstić information content (AvgIpc) is 3.26. The van der Waals surface area contributed by atoms with E-state index in [1.54, 1.807) is 0 Å². The first-order chi connectivity index (χ1) is 27.2. The Kier molecular flexibility index (Phi) is 8.24. The van der Waals surface area contributed by atoms with Crippen molar-refractivity contribution in [1.82, 2.24) is 0 Å². The monoisotopic (exact) mass is 699 g/mol. The van der Waals surface area contributed by atoms with Gasteiger partial charge in [-0.25, -0.2) is 0 Å². The second kappa shape index (κ2) is 14.0. The van der Waals surface area contributed by atoms with Crippen molar-refractivity contribution in [3.63, 3.8) is 0 Å². The molecule has 258 valence electrons. The Hall–Kier alpha value is -7.22. The summed E-state index contributed by atoms with van der Waals surface area (Å²) < 4.78 is 0. The fourth-order valence-corrected chi connectivity index (χ4v) is 8.04. The number of para-hydroxylation sites is 1. The second-order valence-electron chi connectivity index (χ2n) is 14.2. The van der Waals surface area contributed by atoms with Gasteiger partial charge in [0.15, 0.2) is 0 Å². The molecule has 1 nitrogen and oxygen atoms in total. The third kappa shape index (κ3) is 6.22. The summed E-state index contributed by atoms with van der Waals surface area (Å²) in [5.41, 5.74) is 12.9. The van der Waals surface area contributed by atoms with Gasteiger partial charge in [0.05, 0.1) is 5.69 Å². The van der Waals surface area contributed by atoms with E-state index in [4.69, 9.17) is 0 Å². The SMILES string of the molecule is c1cc(-c2ccc(N(c3cccc(-c4cccc5ccccc45)c3)c3ccccc3-c3ccc4ccccc4c3)cc2)cc(-c2ccc3ccccc3c2)c1. The molecule has 0 unspecified atom stereocenters. The number of hydrogen-bond donors (Lipinski definition) is 0. The molecule has 0 saturated carbocycles. The summed E-state index contributed by atoms with van der Waals surface area (Å²) in [5.74, 6) is 0. The number of benzene rings is 10. The summed E-state index contributed by atoms with van der Waals surface area (Å²) in [5, 5.41) is 7.47. The number of fused-ring (bicyclic) bond motifs is 3. The Balaban J connectivity index is 1.09. The minimum atomic E-state index is 1.10.